The van der Waals surface area contributed by atoms with Crippen molar-refractivity contribution in [2.24, 2.45) is 0 Å². The first-order valence-electron chi connectivity index (χ1n) is 3.32. The fourth-order valence-electron chi connectivity index (χ4n) is 0.889. The number of halogens is 1. The van der Waals surface area contributed by atoms with Crippen LogP contribution in [0.3, 0.4) is 0 Å². The molecule has 0 fully saturated rings. The van der Waals surface area contributed by atoms with E-state index in [9.17, 15) is 0 Å². The van der Waals surface area contributed by atoms with Crippen LogP contribution in [0.5, 0.6) is 0 Å². The lowest BCUT2D eigenvalue weighted by Gasteiger charge is -2.01. The molecule has 0 aliphatic heterocycles. The first-order chi connectivity index (χ1) is 5.79. The maximum atomic E-state index is 8.68. The molecule has 0 aromatic heterocycles. The smallest absolute Gasteiger partial charge is 0.127 e. The molecule has 58 valence electrons. The van der Waals surface area contributed by atoms with E-state index in [0.717, 1.165) is 5.56 Å². The summed E-state index contributed by atoms with van der Waals surface area (Å²) in [5.41, 5.74) is 1.27. The third kappa shape index (κ3) is 1.64. The van der Waals surface area contributed by atoms with Gasteiger partial charge in [-0.25, -0.2) is 0 Å². The van der Waals surface area contributed by atoms with Crippen LogP contribution in [0.2, 0.25) is 0 Å². The van der Waals surface area contributed by atoms with Gasteiger partial charge in [0, 0.05) is 0 Å². The zero-order valence-electron chi connectivity index (χ0n) is 6.16. The maximum absolute atomic E-state index is 8.68. The molecule has 3 heteroatoms. The summed E-state index contributed by atoms with van der Waals surface area (Å²) in [6.07, 6.45) is 0. The first-order valence-corrected chi connectivity index (χ1v) is 4.24. The molecule has 2 nitrogen and oxygen atoms in total. The Morgan fingerprint density at radius 2 is 1.92 bits per heavy atom. The molecule has 0 unspecified atom stereocenters. The van der Waals surface area contributed by atoms with Gasteiger partial charge >= 0.3 is 0 Å². The van der Waals surface area contributed by atoms with Crippen molar-refractivity contribution in [3.8, 4) is 12.1 Å². The van der Waals surface area contributed by atoms with Crippen LogP contribution in [0.4, 0.5) is 0 Å². The minimum absolute atomic E-state index is 0.395. The van der Waals surface area contributed by atoms with Crippen molar-refractivity contribution in [1.29, 1.82) is 10.5 Å². The second-order valence-electron chi connectivity index (χ2n) is 2.19. The highest BCUT2D eigenvalue weighted by molar-refractivity contribution is 9.09. The van der Waals surface area contributed by atoms with Crippen molar-refractivity contribution >= 4 is 15.9 Å². The third-order valence-electron chi connectivity index (χ3n) is 1.47. The highest BCUT2D eigenvalue weighted by Crippen LogP contribution is 2.24. The van der Waals surface area contributed by atoms with E-state index in [1.54, 1.807) is 18.2 Å². The molecule has 1 rings (SSSR count). The Labute approximate surface area is 79.2 Å². The summed E-state index contributed by atoms with van der Waals surface area (Å²) in [7, 11) is 0. The number of hydrogen-bond acceptors (Lipinski definition) is 2. The summed E-state index contributed by atoms with van der Waals surface area (Å²) >= 11 is 3.16. The van der Waals surface area contributed by atoms with Gasteiger partial charge in [-0.15, -0.1) is 0 Å². The van der Waals surface area contributed by atoms with Crippen molar-refractivity contribution in [3.05, 3.63) is 35.4 Å². The number of nitriles is 2. The van der Waals surface area contributed by atoms with Crippen LogP contribution < -0.4 is 0 Å². The SMILES string of the molecule is N#Cc1ccccc1[C@H](Br)C#N. The Morgan fingerprint density at radius 1 is 1.25 bits per heavy atom. The van der Waals surface area contributed by atoms with E-state index in [4.69, 9.17) is 10.5 Å². The molecule has 0 aliphatic rings. The van der Waals surface area contributed by atoms with Gasteiger partial charge in [0.1, 0.15) is 4.83 Å². The van der Waals surface area contributed by atoms with Crippen LogP contribution >= 0.6 is 15.9 Å². The summed E-state index contributed by atoms with van der Waals surface area (Å²) < 4.78 is 0. The van der Waals surface area contributed by atoms with E-state index in [1.807, 2.05) is 18.2 Å². The fraction of sp³-hybridized carbons (Fsp3) is 0.111. The predicted octanol–water partition coefficient (Wildman–Crippen LogP) is 2.52. The van der Waals surface area contributed by atoms with Gasteiger partial charge < -0.3 is 0 Å². The van der Waals surface area contributed by atoms with Gasteiger partial charge in [0.05, 0.1) is 17.7 Å². The molecular formula is C9H5BrN2. The van der Waals surface area contributed by atoms with Gasteiger partial charge in [-0.3, -0.25) is 0 Å². The zero-order chi connectivity index (χ0) is 8.97. The highest BCUT2D eigenvalue weighted by Gasteiger charge is 2.09. The average molecular weight is 221 g/mol. The second-order valence-corrected chi connectivity index (χ2v) is 3.11. The van der Waals surface area contributed by atoms with Gasteiger partial charge in [0.2, 0.25) is 0 Å². The van der Waals surface area contributed by atoms with Gasteiger partial charge in [-0.1, -0.05) is 34.1 Å². The molecule has 0 aliphatic carbocycles. The van der Waals surface area contributed by atoms with Crippen LogP contribution in [0.25, 0.3) is 0 Å². The second kappa shape index (κ2) is 3.90. The quantitative estimate of drug-likeness (QED) is 0.684. The van der Waals surface area contributed by atoms with Gasteiger partial charge in [-0.2, -0.15) is 10.5 Å². The predicted molar refractivity (Wildman–Crippen MR) is 48.4 cm³/mol. The maximum Gasteiger partial charge on any atom is 0.127 e. The summed E-state index contributed by atoms with van der Waals surface area (Å²) in [5.74, 6) is 0. The van der Waals surface area contributed by atoms with E-state index in [2.05, 4.69) is 15.9 Å². The van der Waals surface area contributed by atoms with E-state index in [0.29, 0.717) is 5.56 Å². The van der Waals surface area contributed by atoms with Crippen molar-refractivity contribution in [3.63, 3.8) is 0 Å². The monoisotopic (exact) mass is 220 g/mol. The topological polar surface area (TPSA) is 47.6 Å². The van der Waals surface area contributed by atoms with Crippen molar-refractivity contribution in [1.82, 2.24) is 0 Å². The van der Waals surface area contributed by atoms with E-state index in [-0.39, 0.29) is 0 Å². The normalized spacial score (nSPS) is 11.2. The van der Waals surface area contributed by atoms with Crippen LogP contribution in [0.1, 0.15) is 16.0 Å². The Hall–Kier alpha value is -1.32. The summed E-state index contributed by atoms with van der Waals surface area (Å²) in [6, 6.07) is 11.1. The van der Waals surface area contributed by atoms with Crippen molar-refractivity contribution in [2.75, 3.05) is 0 Å². The third-order valence-corrected chi connectivity index (χ3v) is 2.17. The highest BCUT2D eigenvalue weighted by atomic mass is 79.9. The Bertz CT molecular complexity index is 360. The molecule has 0 saturated heterocycles. The molecule has 0 saturated carbocycles. The average Bonchev–Trinajstić information content (AvgIpc) is 2.16. The molecule has 0 bridgehead atoms. The number of nitrogens with zero attached hydrogens (tertiary/aromatic N) is 2. The molecule has 0 heterocycles. The Kier molecular flexibility index (Phi) is 2.85. The number of benzene rings is 1. The Balaban J connectivity index is 3.18. The molecular weight excluding hydrogens is 216 g/mol. The molecule has 0 N–H and O–H groups in total. The number of hydrogen-bond donors (Lipinski definition) is 0. The number of alkyl halides is 1. The fourth-order valence-corrected chi connectivity index (χ4v) is 1.29. The minimum atomic E-state index is -0.395. The van der Waals surface area contributed by atoms with Crippen LogP contribution in [-0.2, 0) is 0 Å². The Morgan fingerprint density at radius 3 is 2.50 bits per heavy atom. The van der Waals surface area contributed by atoms with Crippen LogP contribution in [-0.4, -0.2) is 0 Å². The standard InChI is InChI=1S/C9H5BrN2/c10-9(6-12)8-4-2-1-3-7(8)5-11/h1-4,9H/t9-/m1/s1. The molecule has 1 aromatic rings. The zero-order valence-corrected chi connectivity index (χ0v) is 7.75. The molecule has 0 spiro atoms. The lowest BCUT2D eigenvalue weighted by Crippen LogP contribution is -1.89. The van der Waals surface area contributed by atoms with Gasteiger partial charge in [0.25, 0.3) is 0 Å². The molecule has 1 atom stereocenters. The van der Waals surface area contributed by atoms with E-state index < -0.39 is 4.83 Å². The molecule has 12 heavy (non-hydrogen) atoms. The lowest BCUT2D eigenvalue weighted by molar-refractivity contribution is 1.23. The van der Waals surface area contributed by atoms with Crippen LogP contribution in [0, 0.1) is 22.7 Å². The molecule has 0 amide bonds. The van der Waals surface area contributed by atoms with Crippen molar-refractivity contribution < 1.29 is 0 Å². The number of rotatable bonds is 1. The summed E-state index contributed by atoms with van der Waals surface area (Å²) in [4.78, 5) is -0.395. The van der Waals surface area contributed by atoms with Crippen molar-refractivity contribution in [2.45, 2.75) is 4.83 Å². The minimum Gasteiger partial charge on any atom is -0.197 e. The summed E-state index contributed by atoms with van der Waals surface area (Å²) in [5, 5.41) is 17.3. The lowest BCUT2D eigenvalue weighted by atomic mass is 10.1. The van der Waals surface area contributed by atoms with Crippen LogP contribution in [0.15, 0.2) is 24.3 Å². The molecule has 1 aromatic carbocycles. The first kappa shape index (κ1) is 8.77. The van der Waals surface area contributed by atoms with E-state index >= 15 is 0 Å². The van der Waals surface area contributed by atoms with Gasteiger partial charge in [0.15, 0.2) is 0 Å². The van der Waals surface area contributed by atoms with E-state index in [1.165, 1.54) is 0 Å². The summed E-state index contributed by atoms with van der Waals surface area (Å²) in [6.45, 7) is 0. The van der Waals surface area contributed by atoms with Gasteiger partial charge in [-0.05, 0) is 11.6 Å². The molecule has 0 radical (unpaired) electrons. The largest absolute Gasteiger partial charge is 0.197 e.